The number of halogens is 1. The van der Waals surface area contributed by atoms with Crippen molar-refractivity contribution < 1.29 is 0 Å². The number of alkyl halides is 1. The molecule has 2 heteroatoms. The molecule has 3 aromatic carbocycles. The highest BCUT2D eigenvalue weighted by atomic mass is 79.9. The molecule has 1 nitrogen and oxygen atoms in total. The van der Waals surface area contributed by atoms with Gasteiger partial charge in [-0.15, -0.1) is 0 Å². The number of nitrogens with zero attached hydrogens (tertiary/aromatic N) is 1. The molecule has 0 atom stereocenters. The van der Waals surface area contributed by atoms with Crippen LogP contribution in [0.25, 0.3) is 21.8 Å². The van der Waals surface area contributed by atoms with E-state index >= 15 is 0 Å². The summed E-state index contributed by atoms with van der Waals surface area (Å²) in [4.78, 5) is 0. The van der Waals surface area contributed by atoms with Crippen molar-refractivity contribution in [2.45, 2.75) is 38.6 Å². The second kappa shape index (κ2) is 5.99. The summed E-state index contributed by atoms with van der Waals surface area (Å²) < 4.78 is 2.53. The van der Waals surface area contributed by atoms with Crippen LogP contribution in [0.15, 0.2) is 48.5 Å². The van der Waals surface area contributed by atoms with E-state index in [-0.39, 0.29) is 0 Å². The fourth-order valence-corrected chi connectivity index (χ4v) is 5.65. The SMILES string of the molecule is CCn1c2ccccc2c2c(C)c(CBr)c3c(c21)Cc1ccccc1C3. The van der Waals surface area contributed by atoms with Gasteiger partial charge in [0.05, 0.1) is 5.52 Å². The van der Waals surface area contributed by atoms with Crippen LogP contribution in [0, 0.1) is 6.92 Å². The second-order valence-electron chi connectivity index (χ2n) is 7.30. The predicted molar refractivity (Wildman–Crippen MR) is 115 cm³/mol. The van der Waals surface area contributed by atoms with Crippen LogP contribution < -0.4 is 0 Å². The zero-order valence-corrected chi connectivity index (χ0v) is 16.9. The minimum absolute atomic E-state index is 0.922. The molecule has 1 aromatic heterocycles. The molecule has 0 aliphatic heterocycles. The molecule has 130 valence electrons. The lowest BCUT2D eigenvalue weighted by atomic mass is 9.81. The Morgan fingerprint density at radius 3 is 2.27 bits per heavy atom. The van der Waals surface area contributed by atoms with Crippen LogP contribution >= 0.6 is 15.9 Å². The van der Waals surface area contributed by atoms with Crippen molar-refractivity contribution in [1.29, 1.82) is 0 Å². The summed E-state index contributed by atoms with van der Waals surface area (Å²) in [6.07, 6.45) is 2.09. The fourth-order valence-electron chi connectivity index (χ4n) is 4.90. The lowest BCUT2D eigenvalue weighted by Gasteiger charge is -2.25. The van der Waals surface area contributed by atoms with Gasteiger partial charge in [0.25, 0.3) is 0 Å². The highest BCUT2D eigenvalue weighted by molar-refractivity contribution is 9.08. The van der Waals surface area contributed by atoms with E-state index in [0.29, 0.717) is 0 Å². The number of aryl methyl sites for hydroxylation is 2. The summed E-state index contributed by atoms with van der Waals surface area (Å²) >= 11 is 3.79. The third kappa shape index (κ3) is 2.08. The van der Waals surface area contributed by atoms with Crippen LogP contribution in [-0.4, -0.2) is 4.57 Å². The Kier molecular flexibility index (Phi) is 3.72. The Labute approximate surface area is 162 Å². The van der Waals surface area contributed by atoms with Crippen molar-refractivity contribution in [3.8, 4) is 0 Å². The van der Waals surface area contributed by atoms with E-state index in [0.717, 1.165) is 24.7 Å². The van der Waals surface area contributed by atoms with Crippen molar-refractivity contribution in [3.63, 3.8) is 0 Å². The summed E-state index contributed by atoms with van der Waals surface area (Å²) in [5, 5.41) is 3.77. The number of hydrogen-bond donors (Lipinski definition) is 0. The average Bonchev–Trinajstić information content (AvgIpc) is 3.02. The number of fused-ring (bicyclic) bond motifs is 6. The van der Waals surface area contributed by atoms with E-state index in [1.54, 1.807) is 5.56 Å². The van der Waals surface area contributed by atoms with E-state index in [1.807, 2.05) is 0 Å². The molecule has 0 amide bonds. The van der Waals surface area contributed by atoms with Gasteiger partial charge in [0.2, 0.25) is 0 Å². The Morgan fingerprint density at radius 2 is 1.58 bits per heavy atom. The first kappa shape index (κ1) is 16.1. The third-order valence-corrected chi connectivity index (χ3v) is 6.68. The number of hydrogen-bond acceptors (Lipinski definition) is 0. The first-order chi connectivity index (χ1) is 12.7. The van der Waals surface area contributed by atoms with Crippen LogP contribution in [0.5, 0.6) is 0 Å². The number of rotatable bonds is 2. The molecule has 4 aromatic rings. The molecule has 5 rings (SSSR count). The Hall–Kier alpha value is -2.06. The molecule has 0 bridgehead atoms. The van der Waals surface area contributed by atoms with Crippen LogP contribution in [-0.2, 0) is 24.7 Å². The molecular formula is C24H22BrN. The molecular weight excluding hydrogens is 382 g/mol. The Morgan fingerprint density at radius 1 is 0.923 bits per heavy atom. The second-order valence-corrected chi connectivity index (χ2v) is 7.86. The van der Waals surface area contributed by atoms with Crippen molar-refractivity contribution in [2.24, 2.45) is 0 Å². The van der Waals surface area contributed by atoms with Gasteiger partial charge >= 0.3 is 0 Å². The van der Waals surface area contributed by atoms with Gasteiger partial charge in [-0.3, -0.25) is 0 Å². The number of para-hydroxylation sites is 1. The molecule has 0 N–H and O–H groups in total. The van der Waals surface area contributed by atoms with Gasteiger partial charge in [-0.05, 0) is 59.7 Å². The van der Waals surface area contributed by atoms with Gasteiger partial charge in [0.1, 0.15) is 0 Å². The predicted octanol–water partition coefficient (Wildman–Crippen LogP) is 6.51. The van der Waals surface area contributed by atoms with Gasteiger partial charge < -0.3 is 4.57 Å². The largest absolute Gasteiger partial charge is 0.341 e. The molecule has 0 unspecified atom stereocenters. The summed E-state index contributed by atoms with van der Waals surface area (Å²) in [6, 6.07) is 17.8. The van der Waals surface area contributed by atoms with Gasteiger partial charge in [0.15, 0.2) is 0 Å². The van der Waals surface area contributed by atoms with E-state index in [9.17, 15) is 0 Å². The summed E-state index contributed by atoms with van der Waals surface area (Å²) in [7, 11) is 0. The van der Waals surface area contributed by atoms with Crippen molar-refractivity contribution >= 4 is 37.7 Å². The summed E-state index contributed by atoms with van der Waals surface area (Å²) in [5.74, 6) is 0. The molecule has 26 heavy (non-hydrogen) atoms. The highest BCUT2D eigenvalue weighted by Gasteiger charge is 2.25. The molecule has 0 fully saturated rings. The third-order valence-electron chi connectivity index (χ3n) is 6.12. The summed E-state index contributed by atoms with van der Waals surface area (Å²) in [6.45, 7) is 5.58. The van der Waals surface area contributed by atoms with Crippen LogP contribution in [0.4, 0.5) is 0 Å². The van der Waals surface area contributed by atoms with Crippen LogP contribution in [0.1, 0.15) is 40.3 Å². The highest BCUT2D eigenvalue weighted by Crippen LogP contribution is 2.42. The molecule has 0 spiro atoms. The maximum absolute atomic E-state index is 3.79. The first-order valence-corrected chi connectivity index (χ1v) is 10.5. The molecule has 1 aliphatic carbocycles. The standard InChI is InChI=1S/C24H22BrN/c1-3-26-22-11-7-6-10-18(22)23-15(2)21(14-25)19-12-16-8-4-5-9-17(16)13-20(19)24(23)26/h4-11H,3,12-14H2,1-2H3. The van der Waals surface area contributed by atoms with Crippen LogP contribution in [0.2, 0.25) is 0 Å². The lowest BCUT2D eigenvalue weighted by Crippen LogP contribution is -2.13. The number of benzene rings is 3. The van der Waals surface area contributed by atoms with E-state index in [1.165, 1.54) is 49.6 Å². The minimum atomic E-state index is 0.922. The summed E-state index contributed by atoms with van der Waals surface area (Å²) in [5.41, 5.74) is 11.8. The molecule has 0 saturated carbocycles. The van der Waals surface area contributed by atoms with Gasteiger partial charge in [-0.1, -0.05) is 58.4 Å². The fraction of sp³-hybridized carbons (Fsp3) is 0.250. The van der Waals surface area contributed by atoms with Crippen LogP contribution in [0.3, 0.4) is 0 Å². The quantitative estimate of drug-likeness (QED) is 0.296. The van der Waals surface area contributed by atoms with Crippen molar-refractivity contribution in [1.82, 2.24) is 4.57 Å². The van der Waals surface area contributed by atoms with E-state index in [2.05, 4.69) is 82.9 Å². The zero-order valence-electron chi connectivity index (χ0n) is 15.3. The molecule has 0 saturated heterocycles. The minimum Gasteiger partial charge on any atom is -0.341 e. The smallest absolute Gasteiger partial charge is 0.0533 e. The maximum atomic E-state index is 3.79. The topological polar surface area (TPSA) is 4.93 Å². The first-order valence-electron chi connectivity index (χ1n) is 9.41. The Bertz CT molecular complexity index is 1170. The van der Waals surface area contributed by atoms with Gasteiger partial charge in [-0.2, -0.15) is 0 Å². The Balaban J connectivity index is 1.97. The normalized spacial score (nSPS) is 13.2. The average molecular weight is 404 g/mol. The van der Waals surface area contributed by atoms with Gasteiger partial charge in [0, 0.05) is 34.6 Å². The molecule has 0 radical (unpaired) electrons. The van der Waals surface area contributed by atoms with Gasteiger partial charge in [-0.25, -0.2) is 0 Å². The monoisotopic (exact) mass is 403 g/mol. The molecule has 1 aliphatic rings. The van der Waals surface area contributed by atoms with Crippen molar-refractivity contribution in [2.75, 3.05) is 0 Å². The number of aromatic nitrogens is 1. The zero-order chi connectivity index (χ0) is 17.8. The lowest BCUT2D eigenvalue weighted by molar-refractivity contribution is 0.818. The maximum Gasteiger partial charge on any atom is 0.0533 e. The van der Waals surface area contributed by atoms with Crippen molar-refractivity contribution in [3.05, 3.63) is 81.9 Å². The van der Waals surface area contributed by atoms with E-state index in [4.69, 9.17) is 0 Å². The molecule has 1 heterocycles. The van der Waals surface area contributed by atoms with E-state index < -0.39 is 0 Å².